The molecule has 1 saturated heterocycles. The Balaban J connectivity index is 1.78. The third-order valence-corrected chi connectivity index (χ3v) is 5.49. The summed E-state index contributed by atoms with van der Waals surface area (Å²) in [7, 11) is 0. The molecule has 2 aliphatic rings. The highest BCUT2D eigenvalue weighted by Gasteiger charge is 2.34. The van der Waals surface area contributed by atoms with Crippen LogP contribution in [-0.4, -0.2) is 22.6 Å². The van der Waals surface area contributed by atoms with E-state index in [-0.39, 0.29) is 0 Å². The Morgan fingerprint density at radius 2 is 1.83 bits per heavy atom. The zero-order valence-corrected chi connectivity index (χ0v) is 13.4. The van der Waals surface area contributed by atoms with Gasteiger partial charge in [-0.15, -0.1) is 0 Å². The highest BCUT2D eigenvalue weighted by molar-refractivity contribution is 5.81. The average molecular weight is 303 g/mol. The molecule has 5 rings (SSSR count). The van der Waals surface area contributed by atoms with Gasteiger partial charge >= 0.3 is 0 Å². The monoisotopic (exact) mass is 303 g/mol. The number of piperidine rings is 1. The van der Waals surface area contributed by atoms with Crippen molar-refractivity contribution in [1.29, 1.82) is 0 Å². The van der Waals surface area contributed by atoms with Crippen LogP contribution < -0.4 is 5.32 Å². The number of nitrogens with zero attached hydrogens (tertiary/aromatic N) is 2. The fourth-order valence-corrected chi connectivity index (χ4v) is 4.43. The second kappa shape index (κ2) is 4.93. The van der Waals surface area contributed by atoms with Crippen molar-refractivity contribution >= 4 is 11.0 Å². The van der Waals surface area contributed by atoms with Crippen molar-refractivity contribution in [1.82, 2.24) is 14.9 Å². The highest BCUT2D eigenvalue weighted by Crippen LogP contribution is 2.45. The lowest BCUT2D eigenvalue weighted by Crippen LogP contribution is -2.28. The van der Waals surface area contributed by atoms with Gasteiger partial charge in [-0.25, -0.2) is 4.98 Å². The maximum absolute atomic E-state index is 4.94. The number of imidazole rings is 1. The fraction of sp³-hybridized carbons (Fsp3) is 0.350. The van der Waals surface area contributed by atoms with Gasteiger partial charge in [-0.1, -0.05) is 25.1 Å². The molecular weight excluding hydrogens is 282 g/mol. The zero-order chi connectivity index (χ0) is 15.4. The van der Waals surface area contributed by atoms with E-state index < -0.39 is 0 Å². The number of aromatic nitrogens is 2. The van der Waals surface area contributed by atoms with Crippen LogP contribution in [0, 0.1) is 0 Å². The zero-order valence-electron chi connectivity index (χ0n) is 13.4. The quantitative estimate of drug-likeness (QED) is 0.781. The summed E-state index contributed by atoms with van der Waals surface area (Å²) < 4.78 is 2.34. The number of benzene rings is 2. The summed E-state index contributed by atoms with van der Waals surface area (Å²) in [6, 6.07) is 15.4. The Kier molecular flexibility index (Phi) is 2.86. The van der Waals surface area contributed by atoms with Crippen LogP contribution in [-0.2, 0) is 6.42 Å². The standard InChI is InChI=1S/C20H21N3/c1-2-20-22-18-9-16-13-8-14(12-21-11-13)17(16)10-19(18)23(20)15-6-4-3-5-7-15/h3-7,9-10,13-14,21H,2,8,11-12H2,1H3. The number of hydrogen-bond donors (Lipinski definition) is 1. The minimum Gasteiger partial charge on any atom is -0.316 e. The van der Waals surface area contributed by atoms with Crippen molar-refractivity contribution in [3.63, 3.8) is 0 Å². The third-order valence-electron chi connectivity index (χ3n) is 5.49. The predicted octanol–water partition coefficient (Wildman–Crippen LogP) is 3.76. The number of hydrogen-bond acceptors (Lipinski definition) is 2. The molecule has 0 radical (unpaired) electrons. The molecule has 0 amide bonds. The predicted molar refractivity (Wildman–Crippen MR) is 93.4 cm³/mol. The summed E-state index contributed by atoms with van der Waals surface area (Å²) in [6.07, 6.45) is 2.25. The Hall–Kier alpha value is -2.13. The second-order valence-corrected chi connectivity index (χ2v) is 6.81. The van der Waals surface area contributed by atoms with E-state index in [1.54, 1.807) is 5.56 Å². The van der Waals surface area contributed by atoms with E-state index in [1.165, 1.54) is 23.2 Å². The lowest BCUT2D eigenvalue weighted by molar-refractivity contribution is 0.454. The van der Waals surface area contributed by atoms with E-state index in [0.29, 0.717) is 11.8 Å². The summed E-state index contributed by atoms with van der Waals surface area (Å²) in [5.74, 6) is 2.51. The molecular formula is C20H21N3. The van der Waals surface area contributed by atoms with Crippen molar-refractivity contribution in [3.05, 3.63) is 59.4 Å². The average Bonchev–Trinajstić information content (AvgIpc) is 3.09. The molecule has 2 unspecified atom stereocenters. The lowest BCUT2D eigenvalue weighted by Gasteiger charge is -2.19. The lowest BCUT2D eigenvalue weighted by atomic mass is 9.98. The first-order valence-corrected chi connectivity index (χ1v) is 8.66. The minimum atomic E-state index is 0.678. The van der Waals surface area contributed by atoms with Crippen LogP contribution >= 0.6 is 0 Å². The molecule has 1 fully saturated rings. The maximum atomic E-state index is 4.94. The molecule has 3 nitrogen and oxygen atoms in total. The Morgan fingerprint density at radius 1 is 1.09 bits per heavy atom. The summed E-state index contributed by atoms with van der Waals surface area (Å²) in [5.41, 5.74) is 6.71. The van der Waals surface area contributed by atoms with Crippen molar-refractivity contribution in [2.75, 3.05) is 13.1 Å². The van der Waals surface area contributed by atoms with Crippen molar-refractivity contribution < 1.29 is 0 Å². The molecule has 1 aromatic heterocycles. The number of nitrogens with one attached hydrogen (secondary N) is 1. The van der Waals surface area contributed by atoms with E-state index >= 15 is 0 Å². The molecule has 0 saturated carbocycles. The van der Waals surface area contributed by atoms with Crippen LogP contribution in [0.15, 0.2) is 42.5 Å². The van der Waals surface area contributed by atoms with Gasteiger partial charge in [-0.05, 0) is 53.6 Å². The van der Waals surface area contributed by atoms with Crippen molar-refractivity contribution in [2.45, 2.75) is 31.6 Å². The first-order chi connectivity index (χ1) is 11.3. The summed E-state index contributed by atoms with van der Waals surface area (Å²) >= 11 is 0. The van der Waals surface area contributed by atoms with Gasteiger partial charge in [-0.2, -0.15) is 0 Å². The Labute approximate surface area is 136 Å². The molecule has 2 bridgehead atoms. The summed E-state index contributed by atoms with van der Waals surface area (Å²) in [4.78, 5) is 4.94. The van der Waals surface area contributed by atoms with Gasteiger partial charge in [0, 0.05) is 25.2 Å². The van der Waals surface area contributed by atoms with Crippen LogP contribution in [0.25, 0.3) is 16.7 Å². The number of rotatable bonds is 2. The largest absolute Gasteiger partial charge is 0.316 e. The molecule has 2 heterocycles. The third kappa shape index (κ3) is 1.89. The van der Waals surface area contributed by atoms with Gasteiger partial charge in [-0.3, -0.25) is 4.57 Å². The summed E-state index contributed by atoms with van der Waals surface area (Å²) in [6.45, 7) is 4.43. The summed E-state index contributed by atoms with van der Waals surface area (Å²) in [5, 5.41) is 3.58. The molecule has 3 heteroatoms. The van der Waals surface area contributed by atoms with Gasteiger partial charge < -0.3 is 5.32 Å². The first-order valence-electron chi connectivity index (χ1n) is 8.66. The molecule has 1 aliphatic carbocycles. The van der Waals surface area contributed by atoms with E-state index in [2.05, 4.69) is 59.3 Å². The first kappa shape index (κ1) is 13.3. The molecule has 1 aliphatic heterocycles. The second-order valence-electron chi connectivity index (χ2n) is 6.81. The molecule has 3 aromatic rings. The minimum absolute atomic E-state index is 0.678. The molecule has 23 heavy (non-hydrogen) atoms. The molecule has 2 aromatic carbocycles. The van der Waals surface area contributed by atoms with Crippen LogP contribution in [0.3, 0.4) is 0 Å². The van der Waals surface area contributed by atoms with Crippen molar-refractivity contribution in [3.8, 4) is 5.69 Å². The Bertz CT molecular complexity index is 879. The number of aryl methyl sites for hydroxylation is 1. The van der Waals surface area contributed by atoms with Gasteiger partial charge in [0.2, 0.25) is 0 Å². The van der Waals surface area contributed by atoms with Crippen molar-refractivity contribution in [2.24, 2.45) is 0 Å². The molecule has 2 atom stereocenters. The number of fused-ring (bicyclic) bond motifs is 6. The van der Waals surface area contributed by atoms with Crippen LogP contribution in [0.2, 0.25) is 0 Å². The van der Waals surface area contributed by atoms with E-state index in [1.807, 2.05) is 0 Å². The van der Waals surface area contributed by atoms with E-state index in [4.69, 9.17) is 4.98 Å². The SMILES string of the molecule is CCc1nc2cc3c(cc2n1-c1ccccc1)C1CNCC3C1. The Morgan fingerprint density at radius 3 is 2.57 bits per heavy atom. The van der Waals surface area contributed by atoms with Gasteiger partial charge in [0.1, 0.15) is 5.82 Å². The molecule has 116 valence electrons. The van der Waals surface area contributed by atoms with Gasteiger partial charge in [0.15, 0.2) is 0 Å². The van der Waals surface area contributed by atoms with Gasteiger partial charge in [0.25, 0.3) is 0 Å². The highest BCUT2D eigenvalue weighted by atomic mass is 15.1. The van der Waals surface area contributed by atoms with E-state index in [0.717, 1.165) is 30.9 Å². The smallest absolute Gasteiger partial charge is 0.114 e. The number of para-hydroxylation sites is 1. The maximum Gasteiger partial charge on any atom is 0.114 e. The van der Waals surface area contributed by atoms with E-state index in [9.17, 15) is 0 Å². The fourth-order valence-electron chi connectivity index (χ4n) is 4.43. The van der Waals surface area contributed by atoms with Crippen LogP contribution in [0.4, 0.5) is 0 Å². The van der Waals surface area contributed by atoms with Crippen LogP contribution in [0.5, 0.6) is 0 Å². The van der Waals surface area contributed by atoms with Crippen LogP contribution in [0.1, 0.15) is 42.1 Å². The normalized spacial score (nSPS) is 22.5. The van der Waals surface area contributed by atoms with Gasteiger partial charge in [0.05, 0.1) is 11.0 Å². The topological polar surface area (TPSA) is 29.9 Å². The molecule has 0 spiro atoms. The molecule has 1 N–H and O–H groups in total.